The van der Waals surface area contributed by atoms with Crippen LogP contribution in [-0.2, 0) is 12.8 Å². The summed E-state index contributed by atoms with van der Waals surface area (Å²) in [6, 6.07) is 15.8. The predicted molar refractivity (Wildman–Crippen MR) is 158 cm³/mol. The summed E-state index contributed by atoms with van der Waals surface area (Å²) in [5.74, 6) is 2.35. The van der Waals surface area contributed by atoms with E-state index in [1.54, 1.807) is 0 Å². The summed E-state index contributed by atoms with van der Waals surface area (Å²) in [5, 5.41) is 6.23. The SMILES string of the molecule is CCCCc1ccc(C(=O)N2CCN(c3nc(CCC(C)C)nc4c3cnn4-c3cccc(Cl)c3)CC2)cc1. The van der Waals surface area contributed by atoms with E-state index in [1.165, 1.54) is 18.4 Å². The molecule has 0 aliphatic carbocycles. The summed E-state index contributed by atoms with van der Waals surface area (Å²) in [6.45, 7) is 9.32. The molecule has 1 fully saturated rings. The number of amides is 1. The lowest BCUT2D eigenvalue weighted by Gasteiger charge is -2.35. The first-order valence-electron chi connectivity index (χ1n) is 14.1. The molecular weight excluding hydrogens is 508 g/mol. The van der Waals surface area contributed by atoms with Crippen molar-refractivity contribution < 1.29 is 4.79 Å². The lowest BCUT2D eigenvalue weighted by atomic mass is 10.1. The van der Waals surface area contributed by atoms with Crippen molar-refractivity contribution in [2.75, 3.05) is 31.1 Å². The number of fused-ring (bicyclic) bond motifs is 1. The molecule has 0 bridgehead atoms. The Hall–Kier alpha value is -3.45. The molecule has 0 N–H and O–H groups in total. The molecule has 7 nitrogen and oxygen atoms in total. The number of rotatable bonds is 9. The van der Waals surface area contributed by atoms with Gasteiger partial charge >= 0.3 is 0 Å². The number of nitrogens with zero attached hydrogens (tertiary/aromatic N) is 6. The maximum Gasteiger partial charge on any atom is 0.253 e. The third-order valence-corrected chi connectivity index (χ3v) is 7.57. The van der Waals surface area contributed by atoms with Crippen molar-refractivity contribution in [3.05, 3.63) is 76.7 Å². The Balaban J connectivity index is 1.37. The lowest BCUT2D eigenvalue weighted by molar-refractivity contribution is 0.0746. The summed E-state index contributed by atoms with van der Waals surface area (Å²) in [6.07, 6.45) is 7.05. The van der Waals surface area contributed by atoms with Crippen LogP contribution in [0.3, 0.4) is 0 Å². The molecule has 1 amide bonds. The second-order valence-corrected chi connectivity index (χ2v) is 11.2. The van der Waals surface area contributed by atoms with Crippen LogP contribution in [0.25, 0.3) is 16.7 Å². The quantitative estimate of drug-likeness (QED) is 0.245. The summed E-state index contributed by atoms with van der Waals surface area (Å²) in [5.41, 5.74) is 3.69. The van der Waals surface area contributed by atoms with Gasteiger partial charge in [0, 0.05) is 43.2 Å². The minimum atomic E-state index is 0.0934. The Kier molecular flexibility index (Phi) is 8.46. The summed E-state index contributed by atoms with van der Waals surface area (Å²) >= 11 is 6.28. The molecule has 3 heterocycles. The van der Waals surface area contributed by atoms with Crippen LogP contribution < -0.4 is 4.90 Å². The first-order valence-corrected chi connectivity index (χ1v) is 14.4. The van der Waals surface area contributed by atoms with Crippen molar-refractivity contribution in [3.8, 4) is 5.69 Å². The van der Waals surface area contributed by atoms with Crippen LogP contribution in [0.15, 0.2) is 54.7 Å². The van der Waals surface area contributed by atoms with Gasteiger partial charge in [-0.1, -0.05) is 57.0 Å². The van der Waals surface area contributed by atoms with Gasteiger partial charge in [-0.15, -0.1) is 0 Å². The minimum Gasteiger partial charge on any atom is -0.352 e. The number of benzene rings is 2. The fourth-order valence-electron chi connectivity index (χ4n) is 5.00. The van der Waals surface area contributed by atoms with E-state index in [0.29, 0.717) is 37.1 Å². The number of aryl methyl sites for hydroxylation is 2. The normalized spacial score (nSPS) is 14.0. The van der Waals surface area contributed by atoms with Crippen molar-refractivity contribution >= 4 is 34.4 Å². The minimum absolute atomic E-state index is 0.0934. The summed E-state index contributed by atoms with van der Waals surface area (Å²) in [7, 11) is 0. The van der Waals surface area contributed by atoms with E-state index in [4.69, 9.17) is 21.6 Å². The summed E-state index contributed by atoms with van der Waals surface area (Å²) in [4.78, 5) is 27.4. The molecule has 5 rings (SSSR count). The number of hydrogen-bond donors (Lipinski definition) is 0. The van der Waals surface area contributed by atoms with Crippen molar-refractivity contribution in [2.45, 2.75) is 52.9 Å². The number of halogens is 1. The maximum absolute atomic E-state index is 13.2. The zero-order valence-electron chi connectivity index (χ0n) is 23.1. The van der Waals surface area contributed by atoms with Gasteiger partial charge in [0.15, 0.2) is 5.65 Å². The summed E-state index contributed by atoms with van der Waals surface area (Å²) < 4.78 is 1.84. The maximum atomic E-state index is 13.2. The van der Waals surface area contributed by atoms with Crippen LogP contribution in [0.5, 0.6) is 0 Å². The Bertz CT molecular complexity index is 1420. The number of hydrogen-bond acceptors (Lipinski definition) is 5. The van der Waals surface area contributed by atoms with E-state index in [9.17, 15) is 4.79 Å². The Morgan fingerprint density at radius 3 is 2.46 bits per heavy atom. The van der Waals surface area contributed by atoms with E-state index in [2.05, 4.69) is 42.9 Å². The fourth-order valence-corrected chi connectivity index (χ4v) is 5.19. The standard InChI is InChI=1S/C31H37ClN6O/c1-4-5-7-23-11-13-24(14-12-23)31(39)37-18-16-36(17-19-37)29-27-21-33-38(26-9-6-8-25(32)20-26)30(27)35-28(34-29)15-10-22(2)3/h6,8-9,11-14,20-22H,4-5,7,10,15-19H2,1-3H3. The molecule has 204 valence electrons. The van der Waals surface area contributed by atoms with E-state index < -0.39 is 0 Å². The molecule has 0 unspecified atom stereocenters. The first-order chi connectivity index (χ1) is 18.9. The zero-order valence-corrected chi connectivity index (χ0v) is 23.9. The second kappa shape index (κ2) is 12.2. The van der Waals surface area contributed by atoms with Gasteiger partial charge in [0.05, 0.1) is 17.3 Å². The Morgan fingerprint density at radius 1 is 1.00 bits per heavy atom. The second-order valence-electron chi connectivity index (χ2n) is 10.7. The topological polar surface area (TPSA) is 67.2 Å². The van der Waals surface area contributed by atoms with Crippen LogP contribution in [0, 0.1) is 5.92 Å². The van der Waals surface area contributed by atoms with E-state index >= 15 is 0 Å². The average Bonchev–Trinajstić information content (AvgIpc) is 3.38. The van der Waals surface area contributed by atoms with Gasteiger partial charge in [-0.2, -0.15) is 5.10 Å². The van der Waals surface area contributed by atoms with Crippen molar-refractivity contribution in [2.24, 2.45) is 5.92 Å². The fraction of sp³-hybridized carbons (Fsp3) is 0.419. The first kappa shape index (κ1) is 27.1. The third-order valence-electron chi connectivity index (χ3n) is 7.34. The monoisotopic (exact) mass is 544 g/mol. The van der Waals surface area contributed by atoms with Gasteiger partial charge in [0.25, 0.3) is 5.91 Å². The predicted octanol–water partition coefficient (Wildman–Crippen LogP) is 6.36. The van der Waals surface area contributed by atoms with Gasteiger partial charge < -0.3 is 9.80 Å². The van der Waals surface area contributed by atoms with E-state index in [0.717, 1.165) is 53.2 Å². The number of carbonyl (C=O) groups excluding carboxylic acids is 1. The van der Waals surface area contributed by atoms with Gasteiger partial charge in [-0.05, 0) is 61.1 Å². The lowest BCUT2D eigenvalue weighted by Crippen LogP contribution is -2.49. The smallest absolute Gasteiger partial charge is 0.253 e. The molecule has 0 atom stereocenters. The Labute approximate surface area is 235 Å². The van der Waals surface area contributed by atoms with Crippen molar-refractivity contribution in [1.29, 1.82) is 0 Å². The molecule has 0 saturated carbocycles. The molecule has 1 aliphatic rings. The number of carbonyl (C=O) groups is 1. The molecule has 2 aromatic carbocycles. The third kappa shape index (κ3) is 6.25. The molecule has 1 aliphatic heterocycles. The van der Waals surface area contributed by atoms with E-state index in [-0.39, 0.29) is 5.91 Å². The molecule has 1 saturated heterocycles. The number of piperazine rings is 1. The van der Waals surface area contributed by atoms with Crippen LogP contribution in [0.1, 0.15) is 61.8 Å². The van der Waals surface area contributed by atoms with Crippen molar-refractivity contribution in [3.63, 3.8) is 0 Å². The average molecular weight is 545 g/mol. The van der Waals surface area contributed by atoms with Gasteiger partial charge in [0.2, 0.25) is 0 Å². The van der Waals surface area contributed by atoms with Crippen LogP contribution in [-0.4, -0.2) is 56.7 Å². The Morgan fingerprint density at radius 2 is 1.77 bits per heavy atom. The largest absolute Gasteiger partial charge is 0.352 e. The molecule has 8 heteroatoms. The van der Waals surface area contributed by atoms with Crippen LogP contribution in [0.2, 0.25) is 5.02 Å². The number of aromatic nitrogens is 4. The molecule has 0 spiro atoms. The molecule has 39 heavy (non-hydrogen) atoms. The number of unbranched alkanes of at least 4 members (excludes halogenated alkanes) is 1. The number of anilines is 1. The van der Waals surface area contributed by atoms with Gasteiger partial charge in [0.1, 0.15) is 11.6 Å². The highest BCUT2D eigenvalue weighted by molar-refractivity contribution is 6.30. The molecule has 0 radical (unpaired) electrons. The van der Waals surface area contributed by atoms with Gasteiger partial charge in [-0.25, -0.2) is 14.6 Å². The molecule has 2 aromatic heterocycles. The van der Waals surface area contributed by atoms with E-state index in [1.807, 2.05) is 52.2 Å². The van der Waals surface area contributed by atoms with Crippen molar-refractivity contribution in [1.82, 2.24) is 24.6 Å². The molecule has 4 aromatic rings. The van der Waals surface area contributed by atoms with Crippen LogP contribution in [0.4, 0.5) is 5.82 Å². The highest BCUT2D eigenvalue weighted by Gasteiger charge is 2.26. The van der Waals surface area contributed by atoms with Crippen LogP contribution >= 0.6 is 11.6 Å². The van der Waals surface area contributed by atoms with Gasteiger partial charge in [-0.3, -0.25) is 4.79 Å². The molecular formula is C31H37ClN6O. The zero-order chi connectivity index (χ0) is 27.4. The highest BCUT2D eigenvalue weighted by Crippen LogP contribution is 2.28. The highest BCUT2D eigenvalue weighted by atomic mass is 35.5.